The number of ether oxygens (including phenoxy) is 1. The van der Waals surface area contributed by atoms with E-state index in [1.54, 1.807) is 12.1 Å². The summed E-state index contributed by atoms with van der Waals surface area (Å²) in [6.07, 6.45) is 0.584. The van der Waals surface area contributed by atoms with Gasteiger partial charge in [0.25, 0.3) is 0 Å². The predicted molar refractivity (Wildman–Crippen MR) is 109 cm³/mol. The fraction of sp³-hybridized carbons (Fsp3) is 0.273. The molecule has 2 aliphatic rings. The van der Waals surface area contributed by atoms with Crippen LogP contribution in [0.4, 0.5) is 11.4 Å². The highest BCUT2D eigenvalue weighted by Crippen LogP contribution is 2.43. The van der Waals surface area contributed by atoms with Crippen molar-refractivity contribution in [2.75, 3.05) is 17.7 Å². The number of hydrogen-bond acceptors (Lipinski definition) is 5. The molecule has 1 aliphatic carbocycles. The maximum atomic E-state index is 13.5. The Kier molecular flexibility index (Phi) is 4.85. The molecule has 0 spiro atoms. The zero-order valence-electron chi connectivity index (χ0n) is 15.7. The average molecular weight is 397 g/mol. The second kappa shape index (κ2) is 7.32. The summed E-state index contributed by atoms with van der Waals surface area (Å²) >= 11 is 6.06. The molecule has 3 atom stereocenters. The third-order valence-corrected chi connectivity index (χ3v) is 5.68. The van der Waals surface area contributed by atoms with E-state index in [2.05, 4.69) is 10.6 Å². The Labute approximate surface area is 168 Å². The average Bonchev–Trinajstić information content (AvgIpc) is 2.85. The van der Waals surface area contributed by atoms with Crippen LogP contribution in [0.1, 0.15) is 24.9 Å². The standard InChI is InChI=1S/C22H21ClN2O3/c1-12-11-17-19(21(26)18(12)22(27)28-2)20(13-7-9-14(23)10-8-13)25-16-6-4-3-5-15(16)24-17/h3-10,12,18,20,24-25H,11H2,1-2H3/t12-,18+,20-/m1/s1. The van der Waals surface area contributed by atoms with E-state index in [4.69, 9.17) is 16.3 Å². The van der Waals surface area contributed by atoms with Crippen molar-refractivity contribution in [1.29, 1.82) is 0 Å². The highest BCUT2D eigenvalue weighted by molar-refractivity contribution is 6.30. The van der Waals surface area contributed by atoms with E-state index in [9.17, 15) is 9.59 Å². The van der Waals surface area contributed by atoms with Crippen LogP contribution in [-0.2, 0) is 14.3 Å². The number of anilines is 2. The maximum absolute atomic E-state index is 13.5. The number of rotatable bonds is 2. The van der Waals surface area contributed by atoms with Crippen molar-refractivity contribution < 1.29 is 14.3 Å². The van der Waals surface area contributed by atoms with E-state index < -0.39 is 17.9 Å². The smallest absolute Gasteiger partial charge is 0.316 e. The van der Waals surface area contributed by atoms with Gasteiger partial charge in [0.05, 0.1) is 24.5 Å². The van der Waals surface area contributed by atoms with Crippen LogP contribution in [-0.4, -0.2) is 18.9 Å². The van der Waals surface area contributed by atoms with Gasteiger partial charge in [0.15, 0.2) is 5.78 Å². The highest BCUT2D eigenvalue weighted by Gasteiger charge is 2.44. The van der Waals surface area contributed by atoms with Gasteiger partial charge in [-0.3, -0.25) is 9.59 Å². The number of carbonyl (C=O) groups is 2. The molecule has 1 heterocycles. The Morgan fingerprint density at radius 3 is 2.46 bits per heavy atom. The van der Waals surface area contributed by atoms with E-state index in [0.717, 1.165) is 22.6 Å². The lowest BCUT2D eigenvalue weighted by Gasteiger charge is -2.32. The van der Waals surface area contributed by atoms with Crippen molar-refractivity contribution in [2.45, 2.75) is 19.4 Å². The van der Waals surface area contributed by atoms with Crippen LogP contribution in [0.15, 0.2) is 59.8 Å². The minimum absolute atomic E-state index is 0.151. The Morgan fingerprint density at radius 1 is 1.11 bits per heavy atom. The molecule has 4 rings (SSSR count). The largest absolute Gasteiger partial charge is 0.468 e. The normalized spacial score (nSPS) is 23.7. The molecule has 28 heavy (non-hydrogen) atoms. The molecule has 2 aromatic rings. The molecule has 2 aromatic carbocycles. The fourth-order valence-corrected chi connectivity index (χ4v) is 4.17. The summed E-state index contributed by atoms with van der Waals surface area (Å²) in [6, 6.07) is 14.8. The maximum Gasteiger partial charge on any atom is 0.316 e. The number of allylic oxidation sites excluding steroid dienone is 1. The number of Topliss-reactive ketones (excluding diaryl/α,β-unsaturated/α-hetero) is 1. The molecule has 0 radical (unpaired) electrons. The molecule has 144 valence electrons. The number of carbonyl (C=O) groups excluding carboxylic acids is 2. The van der Waals surface area contributed by atoms with Gasteiger partial charge in [0.2, 0.25) is 0 Å². The van der Waals surface area contributed by atoms with Crippen LogP contribution in [0.25, 0.3) is 0 Å². The summed E-state index contributed by atoms with van der Waals surface area (Å²) in [6.45, 7) is 1.91. The molecule has 5 nitrogen and oxygen atoms in total. The first-order chi connectivity index (χ1) is 13.5. The number of methoxy groups -OCH3 is 1. The van der Waals surface area contributed by atoms with Gasteiger partial charge in [0, 0.05) is 16.3 Å². The van der Waals surface area contributed by atoms with Crippen LogP contribution < -0.4 is 10.6 Å². The van der Waals surface area contributed by atoms with E-state index in [-0.39, 0.29) is 11.7 Å². The summed E-state index contributed by atoms with van der Waals surface area (Å²) in [5.74, 6) is -1.64. The number of fused-ring (bicyclic) bond motifs is 1. The van der Waals surface area contributed by atoms with Crippen LogP contribution in [0.3, 0.4) is 0 Å². The third-order valence-electron chi connectivity index (χ3n) is 5.43. The molecule has 1 aliphatic heterocycles. The number of para-hydroxylation sites is 2. The van der Waals surface area contributed by atoms with Gasteiger partial charge in [-0.15, -0.1) is 0 Å². The molecular weight excluding hydrogens is 376 g/mol. The minimum Gasteiger partial charge on any atom is -0.468 e. The van der Waals surface area contributed by atoms with E-state index in [1.165, 1.54) is 7.11 Å². The number of benzene rings is 2. The van der Waals surface area contributed by atoms with Crippen LogP contribution in [0.5, 0.6) is 0 Å². The van der Waals surface area contributed by atoms with Gasteiger partial charge in [-0.25, -0.2) is 0 Å². The van der Waals surface area contributed by atoms with Crippen molar-refractivity contribution >= 4 is 34.7 Å². The fourth-order valence-electron chi connectivity index (χ4n) is 4.04. The minimum atomic E-state index is -0.802. The zero-order valence-corrected chi connectivity index (χ0v) is 16.4. The topological polar surface area (TPSA) is 67.4 Å². The van der Waals surface area contributed by atoms with Gasteiger partial charge >= 0.3 is 5.97 Å². The summed E-state index contributed by atoms with van der Waals surface area (Å²) in [5.41, 5.74) is 4.12. The zero-order chi connectivity index (χ0) is 19.8. The van der Waals surface area contributed by atoms with Crippen LogP contribution in [0.2, 0.25) is 5.02 Å². The van der Waals surface area contributed by atoms with Crippen molar-refractivity contribution in [1.82, 2.24) is 0 Å². The molecule has 6 heteroatoms. The molecule has 0 unspecified atom stereocenters. The quantitative estimate of drug-likeness (QED) is 0.575. The van der Waals surface area contributed by atoms with Crippen molar-refractivity contribution in [3.63, 3.8) is 0 Å². The molecule has 0 bridgehead atoms. The monoisotopic (exact) mass is 396 g/mol. The Bertz CT molecular complexity index is 968. The van der Waals surface area contributed by atoms with Crippen molar-refractivity contribution in [2.24, 2.45) is 11.8 Å². The summed E-state index contributed by atoms with van der Waals surface area (Å²) in [7, 11) is 1.32. The van der Waals surface area contributed by atoms with Crippen LogP contribution >= 0.6 is 11.6 Å². The van der Waals surface area contributed by atoms with Gasteiger partial charge in [-0.1, -0.05) is 42.8 Å². The highest BCUT2D eigenvalue weighted by atomic mass is 35.5. The SMILES string of the molecule is COC(=O)[C@@H]1C(=O)C2=C(C[C@H]1C)Nc1ccccc1N[C@@H]2c1ccc(Cl)cc1. The number of esters is 1. The second-order valence-corrected chi connectivity index (χ2v) is 7.67. The number of hydrogen-bond donors (Lipinski definition) is 2. The molecule has 0 saturated heterocycles. The van der Waals surface area contributed by atoms with Gasteiger partial charge in [-0.2, -0.15) is 0 Å². The second-order valence-electron chi connectivity index (χ2n) is 7.24. The lowest BCUT2D eigenvalue weighted by Crippen LogP contribution is -2.39. The molecule has 0 saturated carbocycles. The van der Waals surface area contributed by atoms with Gasteiger partial charge in [0.1, 0.15) is 5.92 Å². The lowest BCUT2D eigenvalue weighted by molar-refractivity contribution is -0.151. The summed E-state index contributed by atoms with van der Waals surface area (Å²) < 4.78 is 4.92. The van der Waals surface area contributed by atoms with E-state index >= 15 is 0 Å². The first-order valence-corrected chi connectivity index (χ1v) is 9.60. The Morgan fingerprint density at radius 2 is 1.79 bits per heavy atom. The number of nitrogens with one attached hydrogen (secondary N) is 2. The van der Waals surface area contributed by atoms with Gasteiger partial charge < -0.3 is 15.4 Å². The first kappa shape index (κ1) is 18.6. The third kappa shape index (κ3) is 3.16. The van der Waals surface area contributed by atoms with Crippen molar-refractivity contribution in [3.8, 4) is 0 Å². The van der Waals surface area contributed by atoms with E-state index in [0.29, 0.717) is 17.0 Å². The molecular formula is C22H21ClN2O3. The molecule has 2 N–H and O–H groups in total. The Balaban J connectivity index is 1.87. The molecule has 0 fully saturated rings. The predicted octanol–water partition coefficient (Wildman–Crippen LogP) is 4.57. The molecule has 0 aromatic heterocycles. The number of ketones is 1. The lowest BCUT2D eigenvalue weighted by atomic mass is 9.75. The summed E-state index contributed by atoms with van der Waals surface area (Å²) in [4.78, 5) is 25.8. The van der Waals surface area contributed by atoms with Crippen molar-refractivity contribution in [3.05, 3.63) is 70.4 Å². The number of halogens is 1. The first-order valence-electron chi connectivity index (χ1n) is 9.22. The van der Waals surface area contributed by atoms with Gasteiger partial charge in [-0.05, 0) is 42.2 Å². The Hall–Kier alpha value is -2.79. The summed E-state index contributed by atoms with van der Waals surface area (Å²) in [5, 5.41) is 7.54. The van der Waals surface area contributed by atoms with E-state index in [1.807, 2.05) is 43.3 Å². The molecule has 0 amide bonds. The van der Waals surface area contributed by atoms with Crippen LogP contribution in [0, 0.1) is 11.8 Å².